The highest BCUT2D eigenvalue weighted by atomic mass is 19.4. The Hall–Kier alpha value is -2.66. The van der Waals surface area contributed by atoms with Crippen molar-refractivity contribution in [2.75, 3.05) is 31.6 Å². The summed E-state index contributed by atoms with van der Waals surface area (Å²) in [5.74, 6) is -0.796. The molecule has 0 spiro atoms. The number of nitrogens with zero attached hydrogens (tertiary/aromatic N) is 3. The second-order valence-corrected chi connectivity index (χ2v) is 6.80. The van der Waals surface area contributed by atoms with Crippen LogP contribution in [0.1, 0.15) is 42.2 Å². The summed E-state index contributed by atoms with van der Waals surface area (Å²) in [7, 11) is 0. The lowest BCUT2D eigenvalue weighted by molar-refractivity contribution is -0.154. The van der Waals surface area contributed by atoms with Crippen molar-refractivity contribution in [1.29, 1.82) is 0 Å². The van der Waals surface area contributed by atoms with Crippen LogP contribution in [-0.2, 0) is 4.74 Å². The normalized spacial score (nSPS) is 17.4. The van der Waals surface area contributed by atoms with Gasteiger partial charge in [0.25, 0.3) is 5.91 Å². The first kappa shape index (κ1) is 21.1. The Kier molecular flexibility index (Phi) is 6.38. The van der Waals surface area contributed by atoms with Crippen LogP contribution in [0, 0.1) is 0 Å². The fraction of sp³-hybridized carbons (Fsp3) is 0.500. The van der Waals surface area contributed by atoms with E-state index in [1.54, 1.807) is 26.0 Å². The van der Waals surface area contributed by atoms with Crippen LogP contribution >= 0.6 is 0 Å². The van der Waals surface area contributed by atoms with Gasteiger partial charge in [0.1, 0.15) is 11.8 Å². The predicted molar refractivity (Wildman–Crippen MR) is 97.9 cm³/mol. The Morgan fingerprint density at radius 3 is 2.83 bits per heavy atom. The second-order valence-electron chi connectivity index (χ2n) is 6.80. The van der Waals surface area contributed by atoms with E-state index in [1.807, 2.05) is 0 Å². The van der Waals surface area contributed by atoms with Gasteiger partial charge in [0.05, 0.1) is 24.2 Å². The van der Waals surface area contributed by atoms with Crippen LogP contribution in [0.2, 0.25) is 0 Å². The molecule has 8 nitrogen and oxygen atoms in total. The van der Waals surface area contributed by atoms with Crippen molar-refractivity contribution in [2.24, 2.45) is 0 Å². The van der Waals surface area contributed by atoms with Gasteiger partial charge in [-0.15, -0.1) is 5.10 Å². The van der Waals surface area contributed by atoms with Gasteiger partial charge in [-0.25, -0.2) is 0 Å². The molecule has 158 valence electrons. The van der Waals surface area contributed by atoms with Gasteiger partial charge in [-0.2, -0.15) is 13.2 Å². The molecule has 2 aromatic rings. The lowest BCUT2D eigenvalue weighted by Crippen LogP contribution is -2.33. The molecule has 1 fully saturated rings. The maximum Gasteiger partial charge on any atom is 0.422 e. The molecular weight excluding hydrogens is 391 g/mol. The van der Waals surface area contributed by atoms with E-state index in [-0.39, 0.29) is 23.7 Å². The lowest BCUT2D eigenvalue weighted by atomic mass is 10.2. The minimum atomic E-state index is -4.49. The van der Waals surface area contributed by atoms with Crippen LogP contribution in [0.5, 0.6) is 5.88 Å². The van der Waals surface area contributed by atoms with Gasteiger partial charge in [0.15, 0.2) is 6.61 Å². The maximum absolute atomic E-state index is 12.6. The molecule has 3 heterocycles. The molecule has 0 aromatic carbocycles. The molecule has 1 unspecified atom stereocenters. The first-order valence-electron chi connectivity index (χ1n) is 9.11. The predicted octanol–water partition coefficient (Wildman–Crippen LogP) is 2.71. The zero-order valence-electron chi connectivity index (χ0n) is 16.0. The van der Waals surface area contributed by atoms with Gasteiger partial charge in [0.2, 0.25) is 5.88 Å². The van der Waals surface area contributed by atoms with Crippen LogP contribution in [0.15, 0.2) is 24.4 Å². The minimum absolute atomic E-state index is 0.0843. The van der Waals surface area contributed by atoms with Crippen LogP contribution in [-0.4, -0.2) is 53.2 Å². The Bertz CT molecular complexity index is 830. The smallest absolute Gasteiger partial charge is 0.422 e. The van der Waals surface area contributed by atoms with Crippen LogP contribution in [0.4, 0.5) is 18.9 Å². The van der Waals surface area contributed by atoms with E-state index in [2.05, 4.69) is 25.5 Å². The SMILES string of the molecule is CC(C)n1nc(OCC(F)(F)F)cc1C(=O)Nc1ccc(C2CNCCO2)nc1. The summed E-state index contributed by atoms with van der Waals surface area (Å²) < 4.78 is 48.7. The molecule has 0 aliphatic carbocycles. The van der Waals surface area contributed by atoms with Crippen molar-refractivity contribution >= 4 is 11.6 Å². The number of morpholine rings is 1. The minimum Gasteiger partial charge on any atom is -0.467 e. The zero-order valence-corrected chi connectivity index (χ0v) is 16.0. The Labute approximate surface area is 165 Å². The molecule has 11 heteroatoms. The van der Waals surface area contributed by atoms with Crippen LogP contribution in [0.3, 0.4) is 0 Å². The number of nitrogens with one attached hydrogen (secondary N) is 2. The highest BCUT2D eigenvalue weighted by Crippen LogP contribution is 2.22. The number of pyridine rings is 1. The van der Waals surface area contributed by atoms with E-state index in [9.17, 15) is 18.0 Å². The highest BCUT2D eigenvalue weighted by molar-refractivity contribution is 6.03. The van der Waals surface area contributed by atoms with Crippen molar-refractivity contribution in [3.63, 3.8) is 0 Å². The van der Waals surface area contributed by atoms with Gasteiger partial charge >= 0.3 is 6.18 Å². The van der Waals surface area contributed by atoms with Crippen molar-refractivity contribution in [3.8, 4) is 5.88 Å². The number of ether oxygens (including phenoxy) is 2. The second kappa shape index (κ2) is 8.78. The van der Waals surface area contributed by atoms with Crippen molar-refractivity contribution in [1.82, 2.24) is 20.1 Å². The first-order valence-corrected chi connectivity index (χ1v) is 9.11. The average Bonchev–Trinajstić information content (AvgIpc) is 3.12. The Balaban J connectivity index is 1.70. The molecule has 1 amide bonds. The zero-order chi connectivity index (χ0) is 21.0. The van der Waals surface area contributed by atoms with E-state index >= 15 is 0 Å². The summed E-state index contributed by atoms with van der Waals surface area (Å²) in [4.78, 5) is 16.9. The number of amides is 1. The molecule has 1 aliphatic heterocycles. The van der Waals surface area contributed by atoms with Gasteiger partial charge in [-0.1, -0.05) is 0 Å². The fourth-order valence-electron chi connectivity index (χ4n) is 2.78. The molecule has 0 bridgehead atoms. The van der Waals surface area contributed by atoms with E-state index in [4.69, 9.17) is 4.74 Å². The molecule has 1 atom stereocenters. The van der Waals surface area contributed by atoms with E-state index in [1.165, 1.54) is 16.9 Å². The van der Waals surface area contributed by atoms with Gasteiger partial charge in [-0.05, 0) is 26.0 Å². The summed E-state index contributed by atoms with van der Waals surface area (Å²) in [6.07, 6.45) is -3.14. The molecule has 29 heavy (non-hydrogen) atoms. The summed E-state index contributed by atoms with van der Waals surface area (Å²) in [5.41, 5.74) is 1.27. The number of hydrogen-bond acceptors (Lipinski definition) is 6. The molecule has 2 aromatic heterocycles. The quantitative estimate of drug-likeness (QED) is 0.757. The Morgan fingerprint density at radius 1 is 1.45 bits per heavy atom. The summed E-state index contributed by atoms with van der Waals surface area (Å²) >= 11 is 0. The number of carbonyl (C=O) groups excluding carboxylic acids is 1. The molecule has 1 saturated heterocycles. The number of carbonyl (C=O) groups is 1. The number of rotatable bonds is 6. The summed E-state index contributed by atoms with van der Waals surface area (Å²) in [6.45, 7) is 4.09. The molecule has 0 saturated carbocycles. The van der Waals surface area contributed by atoms with E-state index in [0.717, 1.165) is 12.2 Å². The molecule has 2 N–H and O–H groups in total. The number of halogens is 3. The number of alkyl halides is 3. The molecule has 1 aliphatic rings. The van der Waals surface area contributed by atoms with Gasteiger partial charge in [0, 0.05) is 25.2 Å². The van der Waals surface area contributed by atoms with E-state index < -0.39 is 18.7 Å². The lowest BCUT2D eigenvalue weighted by Gasteiger charge is -2.23. The third-order valence-corrected chi connectivity index (χ3v) is 4.12. The average molecular weight is 413 g/mol. The number of aromatic nitrogens is 3. The monoisotopic (exact) mass is 413 g/mol. The first-order chi connectivity index (χ1) is 13.7. The third kappa shape index (κ3) is 5.67. The van der Waals surface area contributed by atoms with Crippen molar-refractivity contribution in [2.45, 2.75) is 32.2 Å². The summed E-state index contributed by atoms with van der Waals surface area (Å²) in [5, 5.41) is 9.83. The van der Waals surface area contributed by atoms with Gasteiger partial charge < -0.3 is 20.1 Å². The van der Waals surface area contributed by atoms with Crippen molar-refractivity contribution in [3.05, 3.63) is 35.8 Å². The largest absolute Gasteiger partial charge is 0.467 e. The van der Waals surface area contributed by atoms with Crippen LogP contribution < -0.4 is 15.4 Å². The van der Waals surface area contributed by atoms with Gasteiger partial charge in [-0.3, -0.25) is 14.5 Å². The highest BCUT2D eigenvalue weighted by Gasteiger charge is 2.29. The number of anilines is 1. The van der Waals surface area contributed by atoms with Crippen molar-refractivity contribution < 1.29 is 27.4 Å². The third-order valence-electron chi connectivity index (χ3n) is 4.12. The standard InChI is InChI=1S/C18H22F3N5O3/c1-11(2)26-14(7-16(25-26)29-10-18(19,20)21)17(27)24-12-3-4-13(23-8-12)15-9-22-5-6-28-15/h3-4,7-8,11,15,22H,5-6,9-10H2,1-2H3,(H,24,27). The topological polar surface area (TPSA) is 90.3 Å². The van der Waals surface area contributed by atoms with Crippen LogP contribution in [0.25, 0.3) is 0 Å². The summed E-state index contributed by atoms with van der Waals surface area (Å²) in [6, 6.07) is 4.38. The molecular formula is C18H22F3N5O3. The fourth-order valence-corrected chi connectivity index (χ4v) is 2.78. The molecule has 3 rings (SSSR count). The maximum atomic E-state index is 12.6. The van der Waals surface area contributed by atoms with E-state index in [0.29, 0.717) is 18.8 Å². The number of hydrogen-bond donors (Lipinski definition) is 2. The Morgan fingerprint density at radius 2 is 2.24 bits per heavy atom. The molecule has 0 radical (unpaired) electrons.